The van der Waals surface area contributed by atoms with E-state index in [0.717, 1.165) is 12.8 Å². The van der Waals surface area contributed by atoms with E-state index in [1.54, 1.807) is 12.1 Å². The van der Waals surface area contributed by atoms with Gasteiger partial charge in [0.2, 0.25) is 5.91 Å². The van der Waals surface area contributed by atoms with E-state index < -0.39 is 21.6 Å². The number of carbonyl (C=O) groups excluding carboxylic acids is 1. The van der Waals surface area contributed by atoms with Crippen molar-refractivity contribution in [2.45, 2.75) is 30.3 Å². The molecule has 2 heterocycles. The van der Waals surface area contributed by atoms with E-state index in [-0.39, 0.29) is 35.2 Å². The second-order valence-electron chi connectivity index (χ2n) is 7.25. The highest BCUT2D eigenvalue weighted by Crippen LogP contribution is 2.31. The Balaban J connectivity index is 1.56. The number of halogens is 2. The van der Waals surface area contributed by atoms with Gasteiger partial charge in [-0.25, -0.2) is 17.8 Å². The van der Waals surface area contributed by atoms with Gasteiger partial charge in [-0.3, -0.25) is 9.69 Å². The summed E-state index contributed by atoms with van der Waals surface area (Å²) in [6, 6.07) is 10.5. The molecule has 1 atom stereocenters. The molecule has 1 saturated heterocycles. The van der Waals surface area contributed by atoms with Gasteiger partial charge in [-0.2, -0.15) is 0 Å². The van der Waals surface area contributed by atoms with Gasteiger partial charge in [-0.05, 0) is 49.2 Å². The topological polar surface area (TPSA) is 76.6 Å². The number of thiazole rings is 1. The van der Waals surface area contributed by atoms with E-state index in [9.17, 15) is 17.6 Å². The van der Waals surface area contributed by atoms with Crippen molar-refractivity contribution in [1.29, 1.82) is 0 Å². The first kappa shape index (κ1) is 22.1. The summed E-state index contributed by atoms with van der Waals surface area (Å²) in [5.74, 6) is -1.21. The summed E-state index contributed by atoms with van der Waals surface area (Å²) < 4.78 is 45.7. The lowest BCUT2D eigenvalue weighted by Gasteiger charge is -2.23. The van der Waals surface area contributed by atoms with Crippen molar-refractivity contribution in [3.63, 3.8) is 0 Å². The lowest BCUT2D eigenvalue weighted by molar-refractivity contribution is -0.118. The number of nitrogens with zero attached hydrogens (tertiary/aromatic N) is 2. The summed E-state index contributed by atoms with van der Waals surface area (Å²) in [6.45, 7) is 0.868. The first-order valence-corrected chi connectivity index (χ1v) is 12.6. The molecule has 1 aliphatic rings. The second-order valence-corrected chi connectivity index (χ2v) is 10.8. The molecular formula is C21H20ClFN2O4S2. The number of amides is 1. The molecule has 0 saturated carbocycles. The molecule has 31 heavy (non-hydrogen) atoms. The molecule has 2 aromatic carbocycles. The van der Waals surface area contributed by atoms with E-state index in [1.807, 2.05) is 0 Å². The van der Waals surface area contributed by atoms with E-state index in [1.165, 1.54) is 46.6 Å². The van der Waals surface area contributed by atoms with Crippen molar-refractivity contribution in [3.8, 4) is 0 Å². The van der Waals surface area contributed by atoms with Crippen molar-refractivity contribution in [2.24, 2.45) is 0 Å². The Labute approximate surface area is 188 Å². The molecular weight excluding hydrogens is 463 g/mol. The monoisotopic (exact) mass is 482 g/mol. The summed E-state index contributed by atoms with van der Waals surface area (Å²) in [5, 5.41) is 0.769. The van der Waals surface area contributed by atoms with Crippen LogP contribution < -0.4 is 4.90 Å². The Morgan fingerprint density at radius 2 is 2.03 bits per heavy atom. The third kappa shape index (κ3) is 5.06. The molecule has 164 valence electrons. The number of hydrogen-bond acceptors (Lipinski definition) is 6. The lowest BCUT2D eigenvalue weighted by atomic mass is 10.2. The molecule has 0 aliphatic carbocycles. The fraction of sp³-hybridized carbons (Fsp3) is 0.333. The van der Waals surface area contributed by atoms with Crippen LogP contribution in [-0.2, 0) is 19.4 Å². The maximum absolute atomic E-state index is 14.1. The minimum Gasteiger partial charge on any atom is -0.376 e. The van der Waals surface area contributed by atoms with Gasteiger partial charge in [0, 0.05) is 18.1 Å². The molecule has 10 heteroatoms. The van der Waals surface area contributed by atoms with E-state index >= 15 is 0 Å². The van der Waals surface area contributed by atoms with Crippen LogP contribution in [0, 0.1) is 5.82 Å². The Kier molecular flexibility index (Phi) is 6.57. The van der Waals surface area contributed by atoms with Crippen molar-refractivity contribution >= 4 is 54.0 Å². The van der Waals surface area contributed by atoms with E-state index in [4.69, 9.17) is 16.3 Å². The fourth-order valence-corrected chi connectivity index (χ4v) is 5.78. The number of aromatic nitrogens is 1. The molecule has 0 bridgehead atoms. The van der Waals surface area contributed by atoms with Crippen molar-refractivity contribution in [2.75, 3.05) is 23.8 Å². The van der Waals surface area contributed by atoms with Crippen LogP contribution >= 0.6 is 22.9 Å². The smallest absolute Gasteiger partial charge is 0.229 e. The summed E-state index contributed by atoms with van der Waals surface area (Å²) in [4.78, 5) is 18.9. The molecule has 1 fully saturated rings. The van der Waals surface area contributed by atoms with Crippen LogP contribution in [0.2, 0.25) is 5.02 Å². The largest absolute Gasteiger partial charge is 0.376 e. The van der Waals surface area contributed by atoms with E-state index in [2.05, 4.69) is 4.98 Å². The molecule has 6 nitrogen and oxygen atoms in total. The zero-order valence-corrected chi connectivity index (χ0v) is 18.9. The normalized spacial score (nSPS) is 16.6. The zero-order chi connectivity index (χ0) is 22.0. The van der Waals surface area contributed by atoms with Gasteiger partial charge >= 0.3 is 0 Å². The predicted molar refractivity (Wildman–Crippen MR) is 119 cm³/mol. The minimum atomic E-state index is -3.66. The van der Waals surface area contributed by atoms with E-state index in [0.29, 0.717) is 21.5 Å². The molecule has 4 rings (SSSR count). The molecule has 0 N–H and O–H groups in total. The quantitative estimate of drug-likeness (QED) is 0.496. The number of benzene rings is 2. The minimum absolute atomic E-state index is 0.109. The average Bonchev–Trinajstić information content (AvgIpc) is 3.41. The summed E-state index contributed by atoms with van der Waals surface area (Å²) in [6.07, 6.45) is 1.31. The number of ether oxygens (including phenoxy) is 1. The standard InChI is InChI=1S/C21H20ClFN2O4S2/c22-14-6-8-16(9-7-14)31(27,28)12-10-19(26)25(13-15-3-2-11-29-15)21-24-20-17(23)4-1-5-18(20)30-21/h1,4-9,15H,2-3,10-13H2. The number of carbonyl (C=O) groups is 1. The Bertz CT molecular complexity index is 1190. The number of fused-ring (bicyclic) bond motifs is 1. The molecule has 3 aromatic rings. The Morgan fingerprint density at radius 1 is 1.26 bits per heavy atom. The first-order chi connectivity index (χ1) is 14.8. The molecule has 1 unspecified atom stereocenters. The van der Waals surface area contributed by atoms with Gasteiger partial charge in [0.25, 0.3) is 0 Å². The van der Waals surface area contributed by atoms with Gasteiger partial charge in [-0.15, -0.1) is 0 Å². The van der Waals surface area contributed by atoms with Gasteiger partial charge in [0.05, 0.1) is 28.0 Å². The third-order valence-corrected chi connectivity index (χ3v) is 8.09. The summed E-state index contributed by atoms with van der Waals surface area (Å²) in [7, 11) is -3.66. The van der Waals surface area contributed by atoms with Crippen LogP contribution in [0.4, 0.5) is 9.52 Å². The predicted octanol–water partition coefficient (Wildman–Crippen LogP) is 4.46. The number of sulfone groups is 1. The molecule has 1 aromatic heterocycles. The highest BCUT2D eigenvalue weighted by atomic mass is 35.5. The SMILES string of the molecule is O=C(CCS(=O)(=O)c1ccc(Cl)cc1)N(CC1CCCO1)c1nc2c(F)cccc2s1. The fourth-order valence-electron chi connectivity index (χ4n) is 3.41. The van der Waals surface area contributed by atoms with Crippen molar-refractivity contribution in [3.05, 3.63) is 53.3 Å². The van der Waals surface area contributed by atoms with Gasteiger partial charge < -0.3 is 4.74 Å². The Morgan fingerprint density at radius 3 is 2.71 bits per heavy atom. The van der Waals surface area contributed by atoms with Crippen LogP contribution in [0.1, 0.15) is 19.3 Å². The zero-order valence-electron chi connectivity index (χ0n) is 16.5. The van der Waals surface area contributed by atoms with Crippen LogP contribution in [0.3, 0.4) is 0 Å². The van der Waals surface area contributed by atoms with Crippen LogP contribution in [-0.4, -0.2) is 44.3 Å². The van der Waals surface area contributed by atoms with Crippen molar-refractivity contribution in [1.82, 2.24) is 4.98 Å². The van der Waals surface area contributed by atoms with Gasteiger partial charge in [0.1, 0.15) is 11.3 Å². The molecule has 0 spiro atoms. The molecule has 1 amide bonds. The lowest BCUT2D eigenvalue weighted by Crippen LogP contribution is -2.38. The maximum atomic E-state index is 14.1. The third-order valence-electron chi connectivity index (χ3n) is 5.06. The molecule has 1 aliphatic heterocycles. The highest BCUT2D eigenvalue weighted by molar-refractivity contribution is 7.91. The van der Waals surface area contributed by atoms with Crippen LogP contribution in [0.15, 0.2) is 47.4 Å². The van der Waals surface area contributed by atoms with Crippen molar-refractivity contribution < 1.29 is 22.3 Å². The summed E-state index contributed by atoms with van der Waals surface area (Å²) >= 11 is 7.02. The number of para-hydroxylation sites is 1. The maximum Gasteiger partial charge on any atom is 0.229 e. The number of hydrogen-bond donors (Lipinski definition) is 0. The van der Waals surface area contributed by atoms with Gasteiger partial charge in [-0.1, -0.05) is 29.0 Å². The number of anilines is 1. The number of rotatable bonds is 7. The van der Waals surface area contributed by atoms with Gasteiger partial charge in [0.15, 0.2) is 15.0 Å². The molecule has 0 radical (unpaired) electrons. The van der Waals surface area contributed by atoms with Crippen LogP contribution in [0.25, 0.3) is 10.2 Å². The van der Waals surface area contributed by atoms with Crippen LogP contribution in [0.5, 0.6) is 0 Å². The summed E-state index contributed by atoms with van der Waals surface area (Å²) in [5.41, 5.74) is 0.196. The average molecular weight is 483 g/mol. The first-order valence-electron chi connectivity index (χ1n) is 9.79. The highest BCUT2D eigenvalue weighted by Gasteiger charge is 2.28. The Hall–Kier alpha value is -2.07. The second kappa shape index (κ2) is 9.20.